The maximum Gasteiger partial charge on any atom is 0.317 e. The molecule has 0 bridgehead atoms. The van der Waals surface area contributed by atoms with Gasteiger partial charge in [0.25, 0.3) is 0 Å². The van der Waals surface area contributed by atoms with Gasteiger partial charge in [-0.05, 0) is 19.8 Å². The molecule has 4 heteroatoms. The largest absolute Gasteiger partial charge is 0.468 e. The summed E-state index contributed by atoms with van der Waals surface area (Å²) in [5, 5.41) is 0. The maximum atomic E-state index is 11.5. The summed E-state index contributed by atoms with van der Waals surface area (Å²) in [6, 6.07) is 0. The summed E-state index contributed by atoms with van der Waals surface area (Å²) in [7, 11) is 1.40. The first kappa shape index (κ1) is 8.97. The summed E-state index contributed by atoms with van der Waals surface area (Å²) in [6.45, 7) is 2.95. The Hall–Kier alpha value is -0.610. The van der Waals surface area contributed by atoms with Crippen LogP contribution in [-0.2, 0) is 19.0 Å². The molecule has 0 spiro atoms. The lowest BCUT2D eigenvalue weighted by atomic mass is 9.97. The lowest BCUT2D eigenvalue weighted by molar-refractivity contribution is -0.207. The third kappa shape index (κ3) is 1.09. The van der Waals surface area contributed by atoms with E-state index in [0.29, 0.717) is 13.2 Å². The molecule has 13 heavy (non-hydrogen) atoms. The van der Waals surface area contributed by atoms with Crippen LogP contribution in [0.3, 0.4) is 0 Å². The number of carbonyl (C=O) groups excluding carboxylic acids is 1. The molecule has 1 saturated carbocycles. The molecule has 1 saturated heterocycles. The second-order valence-electron chi connectivity index (χ2n) is 3.72. The topological polar surface area (TPSA) is 44.8 Å². The first-order chi connectivity index (χ1) is 6.15. The van der Waals surface area contributed by atoms with Crippen molar-refractivity contribution < 1.29 is 19.0 Å². The molecule has 1 aliphatic heterocycles. The van der Waals surface area contributed by atoms with Crippen molar-refractivity contribution in [1.82, 2.24) is 0 Å². The third-order valence-corrected chi connectivity index (χ3v) is 3.03. The van der Waals surface area contributed by atoms with E-state index in [2.05, 4.69) is 0 Å². The Labute approximate surface area is 77.1 Å². The van der Waals surface area contributed by atoms with Crippen LogP contribution < -0.4 is 0 Å². The fourth-order valence-electron chi connectivity index (χ4n) is 1.95. The van der Waals surface area contributed by atoms with Gasteiger partial charge in [0.2, 0.25) is 0 Å². The fraction of sp³-hybridized carbons (Fsp3) is 0.889. The van der Waals surface area contributed by atoms with Gasteiger partial charge in [-0.25, -0.2) is 0 Å². The summed E-state index contributed by atoms with van der Waals surface area (Å²) in [6.07, 6.45) is 1.60. The van der Waals surface area contributed by atoms with E-state index in [9.17, 15) is 4.79 Å². The van der Waals surface area contributed by atoms with Gasteiger partial charge in [0.05, 0.1) is 20.3 Å². The average Bonchev–Trinajstić information content (AvgIpc) is 2.85. The molecule has 0 aromatic carbocycles. The molecule has 4 nitrogen and oxygen atoms in total. The minimum atomic E-state index is -0.750. The molecule has 2 fully saturated rings. The van der Waals surface area contributed by atoms with E-state index in [-0.39, 0.29) is 5.97 Å². The van der Waals surface area contributed by atoms with Gasteiger partial charge in [0.15, 0.2) is 5.79 Å². The zero-order valence-electron chi connectivity index (χ0n) is 7.96. The molecule has 2 aliphatic rings. The highest BCUT2D eigenvalue weighted by Crippen LogP contribution is 2.57. The zero-order chi connectivity index (χ0) is 9.53. The van der Waals surface area contributed by atoms with Gasteiger partial charge in [-0.15, -0.1) is 0 Å². The summed E-state index contributed by atoms with van der Waals surface area (Å²) >= 11 is 0. The second kappa shape index (κ2) is 2.69. The van der Waals surface area contributed by atoms with E-state index in [0.717, 1.165) is 12.8 Å². The van der Waals surface area contributed by atoms with Crippen molar-refractivity contribution in [2.45, 2.75) is 25.6 Å². The van der Waals surface area contributed by atoms with Gasteiger partial charge >= 0.3 is 5.97 Å². The molecule has 0 atom stereocenters. The normalized spacial score (nSPS) is 28.5. The number of carbonyl (C=O) groups is 1. The molecule has 0 aromatic heterocycles. The molecule has 1 aliphatic carbocycles. The Morgan fingerprint density at radius 2 is 1.85 bits per heavy atom. The molecule has 0 N–H and O–H groups in total. The van der Waals surface area contributed by atoms with E-state index in [1.807, 2.05) is 6.92 Å². The van der Waals surface area contributed by atoms with Crippen molar-refractivity contribution in [2.24, 2.45) is 5.41 Å². The number of ether oxygens (including phenoxy) is 3. The van der Waals surface area contributed by atoms with Gasteiger partial charge in [0.1, 0.15) is 5.41 Å². The SMILES string of the molecule is COC(=O)C1(C2(C)OCCO2)CC1. The van der Waals surface area contributed by atoms with Crippen LogP contribution in [-0.4, -0.2) is 32.1 Å². The Bertz CT molecular complexity index is 226. The summed E-state index contributed by atoms with van der Waals surface area (Å²) < 4.78 is 15.7. The van der Waals surface area contributed by atoms with Gasteiger partial charge in [0, 0.05) is 0 Å². The standard InChI is InChI=1S/C9H14O4/c1-8(12-5-6-13-8)9(3-4-9)7(10)11-2/h3-6H2,1-2H3. The third-order valence-electron chi connectivity index (χ3n) is 3.03. The number of methoxy groups -OCH3 is 1. The minimum Gasteiger partial charge on any atom is -0.468 e. The summed E-state index contributed by atoms with van der Waals surface area (Å²) in [5.74, 6) is -0.961. The van der Waals surface area contributed by atoms with Crippen LogP contribution in [0.2, 0.25) is 0 Å². The molecular formula is C9H14O4. The van der Waals surface area contributed by atoms with Gasteiger partial charge in [-0.1, -0.05) is 0 Å². The molecule has 0 aromatic rings. The van der Waals surface area contributed by atoms with E-state index in [1.165, 1.54) is 7.11 Å². The van der Waals surface area contributed by atoms with E-state index >= 15 is 0 Å². The number of hydrogen-bond donors (Lipinski definition) is 0. The molecule has 1 heterocycles. The highest BCUT2D eigenvalue weighted by molar-refractivity contribution is 5.81. The van der Waals surface area contributed by atoms with Crippen molar-refractivity contribution in [3.05, 3.63) is 0 Å². The predicted molar refractivity (Wildman–Crippen MR) is 44.0 cm³/mol. The van der Waals surface area contributed by atoms with E-state index in [4.69, 9.17) is 14.2 Å². The zero-order valence-corrected chi connectivity index (χ0v) is 7.96. The van der Waals surface area contributed by atoms with Crippen LogP contribution in [0.1, 0.15) is 19.8 Å². The fourth-order valence-corrected chi connectivity index (χ4v) is 1.95. The highest BCUT2D eigenvalue weighted by Gasteiger charge is 2.66. The molecule has 74 valence electrons. The monoisotopic (exact) mass is 186 g/mol. The average molecular weight is 186 g/mol. The van der Waals surface area contributed by atoms with Crippen LogP contribution in [0.15, 0.2) is 0 Å². The Morgan fingerprint density at radius 3 is 2.23 bits per heavy atom. The van der Waals surface area contributed by atoms with Crippen molar-refractivity contribution in [3.63, 3.8) is 0 Å². The van der Waals surface area contributed by atoms with Crippen LogP contribution >= 0.6 is 0 Å². The van der Waals surface area contributed by atoms with Crippen LogP contribution in [0.5, 0.6) is 0 Å². The Kier molecular flexibility index (Phi) is 1.85. The van der Waals surface area contributed by atoms with Crippen molar-refractivity contribution in [2.75, 3.05) is 20.3 Å². The second-order valence-corrected chi connectivity index (χ2v) is 3.72. The van der Waals surface area contributed by atoms with Crippen molar-refractivity contribution in [1.29, 1.82) is 0 Å². The maximum absolute atomic E-state index is 11.5. The summed E-state index contributed by atoms with van der Waals surface area (Å²) in [5.41, 5.74) is -0.530. The smallest absolute Gasteiger partial charge is 0.317 e. The number of esters is 1. The molecule has 2 rings (SSSR count). The van der Waals surface area contributed by atoms with Crippen LogP contribution in [0.25, 0.3) is 0 Å². The van der Waals surface area contributed by atoms with Crippen LogP contribution in [0.4, 0.5) is 0 Å². The lowest BCUT2D eigenvalue weighted by Crippen LogP contribution is -2.43. The quantitative estimate of drug-likeness (QED) is 0.595. The number of rotatable bonds is 2. The van der Waals surface area contributed by atoms with Crippen molar-refractivity contribution >= 4 is 5.97 Å². The lowest BCUT2D eigenvalue weighted by Gasteiger charge is -2.30. The first-order valence-electron chi connectivity index (χ1n) is 4.51. The Balaban J connectivity index is 2.18. The highest BCUT2D eigenvalue weighted by atomic mass is 16.7. The van der Waals surface area contributed by atoms with E-state index in [1.54, 1.807) is 0 Å². The van der Waals surface area contributed by atoms with Gasteiger partial charge in [-0.3, -0.25) is 4.79 Å². The van der Waals surface area contributed by atoms with Gasteiger partial charge < -0.3 is 14.2 Å². The molecule has 0 unspecified atom stereocenters. The molecule has 0 radical (unpaired) electrons. The predicted octanol–water partition coefficient (Wildman–Crippen LogP) is 0.703. The molecule has 0 amide bonds. The van der Waals surface area contributed by atoms with E-state index < -0.39 is 11.2 Å². The minimum absolute atomic E-state index is 0.211. The van der Waals surface area contributed by atoms with Crippen LogP contribution in [0, 0.1) is 5.41 Å². The van der Waals surface area contributed by atoms with Crippen molar-refractivity contribution in [3.8, 4) is 0 Å². The Morgan fingerprint density at radius 1 is 1.31 bits per heavy atom. The first-order valence-corrected chi connectivity index (χ1v) is 4.51. The number of hydrogen-bond acceptors (Lipinski definition) is 4. The summed E-state index contributed by atoms with van der Waals surface area (Å²) in [4.78, 5) is 11.5. The molecular weight excluding hydrogens is 172 g/mol. The van der Waals surface area contributed by atoms with Gasteiger partial charge in [-0.2, -0.15) is 0 Å².